The molecule has 0 saturated carbocycles. The van der Waals surface area contributed by atoms with Crippen LogP contribution in [0.3, 0.4) is 0 Å². The van der Waals surface area contributed by atoms with Crippen molar-refractivity contribution in [1.82, 2.24) is 5.32 Å². The first-order valence-corrected chi connectivity index (χ1v) is 6.80. The third-order valence-electron chi connectivity index (χ3n) is 3.84. The minimum Gasteiger partial charge on any atom is -0.388 e. The largest absolute Gasteiger partial charge is 0.388 e. The smallest absolute Gasteiger partial charge is 0.193 e. The molecule has 2 aliphatic rings. The highest BCUT2D eigenvalue weighted by molar-refractivity contribution is 4.90. The lowest BCUT2D eigenvalue weighted by atomic mass is 10.0. The minimum absolute atomic E-state index is 0.225. The Morgan fingerprint density at radius 1 is 1.30 bits per heavy atom. The van der Waals surface area contributed by atoms with E-state index in [0.717, 1.165) is 13.0 Å². The number of rotatable bonds is 4. The summed E-state index contributed by atoms with van der Waals surface area (Å²) in [5.41, 5.74) is 0. The normalized spacial score (nSPS) is 43.2. The van der Waals surface area contributed by atoms with Gasteiger partial charge in [-0.25, -0.2) is 0 Å². The summed E-state index contributed by atoms with van der Waals surface area (Å²) in [4.78, 5) is 0. The highest BCUT2D eigenvalue weighted by Crippen LogP contribution is 2.26. The van der Waals surface area contributed by atoms with E-state index < -0.39 is 36.5 Å². The second-order valence-corrected chi connectivity index (χ2v) is 5.57. The van der Waals surface area contributed by atoms with Gasteiger partial charge in [-0.05, 0) is 26.3 Å². The second-order valence-electron chi connectivity index (χ2n) is 5.57. The average Bonchev–Trinajstić information content (AvgIpc) is 2.92. The predicted molar refractivity (Wildman–Crippen MR) is 66.5 cm³/mol. The molecular weight excluding hydrogens is 270 g/mol. The lowest BCUT2D eigenvalue weighted by Crippen LogP contribution is -2.59. The Bertz CT molecular complexity index is 321. The van der Waals surface area contributed by atoms with Gasteiger partial charge in [-0.15, -0.1) is 0 Å². The highest BCUT2D eigenvalue weighted by Gasteiger charge is 2.45. The maximum atomic E-state index is 10.2. The third-order valence-corrected chi connectivity index (χ3v) is 3.84. The molecule has 2 aliphatic heterocycles. The fraction of sp³-hybridized carbons (Fsp3) is 1.00. The molecule has 0 bridgehead atoms. The number of aliphatic hydroxyl groups excluding tert-OH is 4. The first-order chi connectivity index (χ1) is 9.33. The van der Waals surface area contributed by atoms with Crippen LogP contribution in [0.5, 0.6) is 0 Å². The van der Waals surface area contributed by atoms with E-state index in [2.05, 4.69) is 5.32 Å². The first kappa shape index (κ1) is 16.1. The lowest BCUT2D eigenvalue weighted by molar-refractivity contribution is -0.359. The van der Waals surface area contributed by atoms with Gasteiger partial charge in [0, 0.05) is 6.04 Å². The van der Waals surface area contributed by atoms with Crippen molar-refractivity contribution in [3.8, 4) is 0 Å². The maximum absolute atomic E-state index is 10.2. The van der Waals surface area contributed by atoms with E-state index in [-0.39, 0.29) is 12.6 Å². The van der Waals surface area contributed by atoms with Crippen LogP contribution in [0.2, 0.25) is 0 Å². The van der Waals surface area contributed by atoms with Gasteiger partial charge in [0.2, 0.25) is 0 Å². The lowest BCUT2D eigenvalue weighted by Gasteiger charge is -2.40. The van der Waals surface area contributed by atoms with E-state index in [4.69, 9.17) is 9.47 Å². The Hall–Kier alpha value is -0.320. The molecule has 6 N–H and O–H groups in total. The van der Waals surface area contributed by atoms with Gasteiger partial charge < -0.3 is 40.3 Å². The van der Waals surface area contributed by atoms with Crippen LogP contribution in [-0.4, -0.2) is 81.2 Å². The molecule has 2 saturated heterocycles. The molecule has 0 aromatic heterocycles. The zero-order valence-corrected chi connectivity index (χ0v) is 11.3. The monoisotopic (exact) mass is 293 g/mol. The molecule has 0 radical (unpaired) electrons. The van der Waals surface area contributed by atoms with Crippen molar-refractivity contribution < 1.29 is 35.0 Å². The first-order valence-electron chi connectivity index (χ1n) is 6.80. The van der Waals surface area contributed by atoms with Crippen molar-refractivity contribution in [2.75, 3.05) is 13.2 Å². The SMILES string of the molecule is CC(O)(OC1OCC(O)C(O)C1O)C(O)C1CCCN1. The third kappa shape index (κ3) is 3.29. The molecule has 0 aliphatic carbocycles. The standard InChI is InChI=1S/C12H23NO7/c1-12(18,10(17)6-3-2-4-13-6)20-11-9(16)8(15)7(14)5-19-11/h6-11,13-18H,2-5H2,1H3. The summed E-state index contributed by atoms with van der Waals surface area (Å²) in [6, 6.07) is -0.304. The fourth-order valence-electron chi connectivity index (χ4n) is 2.54. The highest BCUT2D eigenvalue weighted by atomic mass is 16.8. The van der Waals surface area contributed by atoms with Gasteiger partial charge in [0.1, 0.15) is 24.4 Å². The zero-order valence-electron chi connectivity index (χ0n) is 11.3. The van der Waals surface area contributed by atoms with Crippen molar-refractivity contribution in [1.29, 1.82) is 0 Å². The Morgan fingerprint density at radius 2 is 2.00 bits per heavy atom. The topological polar surface area (TPSA) is 132 Å². The van der Waals surface area contributed by atoms with Crippen LogP contribution in [0.25, 0.3) is 0 Å². The molecule has 7 unspecified atom stereocenters. The predicted octanol–water partition coefficient (Wildman–Crippen LogP) is -2.74. The van der Waals surface area contributed by atoms with Crippen molar-refractivity contribution >= 4 is 0 Å². The molecule has 7 atom stereocenters. The van der Waals surface area contributed by atoms with E-state index in [1.54, 1.807) is 0 Å². The van der Waals surface area contributed by atoms with E-state index in [0.29, 0.717) is 6.42 Å². The summed E-state index contributed by atoms with van der Waals surface area (Å²) in [6.07, 6.45) is -5.07. The van der Waals surface area contributed by atoms with Crippen molar-refractivity contribution in [3.63, 3.8) is 0 Å². The van der Waals surface area contributed by atoms with Crippen molar-refractivity contribution in [2.45, 2.75) is 62.3 Å². The van der Waals surface area contributed by atoms with Gasteiger partial charge in [-0.2, -0.15) is 0 Å². The summed E-state index contributed by atoms with van der Waals surface area (Å²) in [5.74, 6) is -1.95. The minimum atomic E-state index is -1.95. The summed E-state index contributed by atoms with van der Waals surface area (Å²) in [5, 5.41) is 52.0. The number of aliphatic hydroxyl groups is 5. The molecule has 2 rings (SSSR count). The molecule has 0 aromatic rings. The van der Waals surface area contributed by atoms with Crippen LogP contribution in [0.1, 0.15) is 19.8 Å². The maximum Gasteiger partial charge on any atom is 0.193 e. The van der Waals surface area contributed by atoms with E-state index in [1.807, 2.05) is 0 Å². The summed E-state index contributed by atoms with van der Waals surface area (Å²) < 4.78 is 10.3. The zero-order chi connectivity index (χ0) is 14.9. The Kier molecular flexibility index (Phi) is 4.98. The quantitative estimate of drug-likeness (QED) is 0.308. The average molecular weight is 293 g/mol. The van der Waals surface area contributed by atoms with Gasteiger partial charge >= 0.3 is 0 Å². The van der Waals surface area contributed by atoms with Crippen LogP contribution in [-0.2, 0) is 9.47 Å². The van der Waals surface area contributed by atoms with E-state index in [1.165, 1.54) is 6.92 Å². The molecule has 0 spiro atoms. The summed E-state index contributed by atoms with van der Waals surface area (Å²) >= 11 is 0. The van der Waals surface area contributed by atoms with Gasteiger partial charge in [-0.1, -0.05) is 0 Å². The number of nitrogens with one attached hydrogen (secondary N) is 1. The van der Waals surface area contributed by atoms with Crippen LogP contribution in [0, 0.1) is 0 Å². The molecule has 20 heavy (non-hydrogen) atoms. The molecule has 0 aromatic carbocycles. The second kappa shape index (κ2) is 6.20. The Morgan fingerprint density at radius 3 is 2.60 bits per heavy atom. The van der Waals surface area contributed by atoms with E-state index in [9.17, 15) is 25.5 Å². The van der Waals surface area contributed by atoms with Crippen molar-refractivity contribution in [2.24, 2.45) is 0 Å². The van der Waals surface area contributed by atoms with E-state index >= 15 is 0 Å². The van der Waals surface area contributed by atoms with Crippen LogP contribution >= 0.6 is 0 Å². The molecule has 2 fully saturated rings. The van der Waals surface area contributed by atoms with Crippen LogP contribution < -0.4 is 5.32 Å². The Labute approximate surface area is 116 Å². The van der Waals surface area contributed by atoms with Gasteiger partial charge in [0.25, 0.3) is 0 Å². The van der Waals surface area contributed by atoms with Crippen LogP contribution in [0.4, 0.5) is 0 Å². The molecule has 2 heterocycles. The van der Waals surface area contributed by atoms with Crippen LogP contribution in [0.15, 0.2) is 0 Å². The van der Waals surface area contributed by atoms with Crippen molar-refractivity contribution in [3.05, 3.63) is 0 Å². The number of ether oxygens (including phenoxy) is 2. The fourth-order valence-corrected chi connectivity index (χ4v) is 2.54. The number of hydrogen-bond acceptors (Lipinski definition) is 8. The molecule has 0 amide bonds. The van der Waals surface area contributed by atoms with Gasteiger partial charge in [0.05, 0.1) is 6.61 Å². The summed E-state index contributed by atoms with van der Waals surface area (Å²) in [6.45, 7) is 1.80. The molecular formula is C12H23NO7. The number of hydrogen-bond donors (Lipinski definition) is 6. The molecule has 8 nitrogen and oxygen atoms in total. The Balaban J connectivity index is 1.96. The van der Waals surface area contributed by atoms with Gasteiger partial charge in [-0.3, -0.25) is 0 Å². The summed E-state index contributed by atoms with van der Waals surface area (Å²) in [7, 11) is 0. The molecule has 118 valence electrons. The van der Waals surface area contributed by atoms with Gasteiger partial charge in [0.15, 0.2) is 12.1 Å². The molecule has 8 heteroatoms.